The molecule has 1 amide bonds. The van der Waals surface area contributed by atoms with Gasteiger partial charge in [-0.1, -0.05) is 64.5 Å². The van der Waals surface area contributed by atoms with E-state index in [0.29, 0.717) is 10.6 Å². The fourth-order valence-corrected chi connectivity index (χ4v) is 3.45. The van der Waals surface area contributed by atoms with Crippen molar-refractivity contribution >= 4 is 39.4 Å². The van der Waals surface area contributed by atoms with Gasteiger partial charge in [0.25, 0.3) is 5.91 Å². The molecule has 24 heavy (non-hydrogen) atoms. The minimum absolute atomic E-state index is 0.254. The lowest BCUT2D eigenvalue weighted by Crippen LogP contribution is -2.17. The summed E-state index contributed by atoms with van der Waals surface area (Å²) < 4.78 is 0.920. The molecule has 3 rings (SSSR count). The number of amides is 1. The fourth-order valence-electron chi connectivity index (χ4n) is 2.10. The van der Waals surface area contributed by atoms with Crippen LogP contribution in [0.15, 0.2) is 64.2 Å². The van der Waals surface area contributed by atoms with Crippen LogP contribution in [0, 0.1) is 6.92 Å². The number of thiazole rings is 1. The van der Waals surface area contributed by atoms with E-state index in [1.54, 1.807) is 6.21 Å². The van der Waals surface area contributed by atoms with E-state index in [1.807, 2.05) is 61.5 Å². The number of aromatic nitrogens is 1. The largest absolute Gasteiger partial charge is 0.283 e. The average molecular weight is 400 g/mol. The summed E-state index contributed by atoms with van der Waals surface area (Å²) in [4.78, 5) is 17.4. The summed E-state index contributed by atoms with van der Waals surface area (Å²) in [5.74, 6) is -0.254. The standard InChI is InChI=1S/C18H14BrN3OS/c1-12-16(24-18(21-12)13-7-3-2-4-8-13)17(23)22-20-11-14-9-5-6-10-15(14)19/h2-11H,1H3,(H,22,23)/b20-11+. The van der Waals surface area contributed by atoms with Crippen molar-refractivity contribution in [2.75, 3.05) is 0 Å². The third-order valence-electron chi connectivity index (χ3n) is 3.30. The Hall–Kier alpha value is -2.31. The van der Waals surface area contributed by atoms with E-state index in [2.05, 4.69) is 31.4 Å². The molecule has 6 heteroatoms. The van der Waals surface area contributed by atoms with Crippen molar-refractivity contribution in [1.82, 2.24) is 10.4 Å². The Bertz CT molecular complexity index is 890. The monoisotopic (exact) mass is 399 g/mol. The van der Waals surface area contributed by atoms with E-state index < -0.39 is 0 Å². The van der Waals surface area contributed by atoms with Crippen LogP contribution < -0.4 is 5.43 Å². The highest BCUT2D eigenvalue weighted by atomic mass is 79.9. The number of aryl methyl sites for hydroxylation is 1. The van der Waals surface area contributed by atoms with Gasteiger partial charge < -0.3 is 0 Å². The summed E-state index contributed by atoms with van der Waals surface area (Å²) in [5.41, 5.74) is 5.16. The first-order chi connectivity index (χ1) is 11.6. The molecule has 120 valence electrons. The number of carbonyl (C=O) groups is 1. The third kappa shape index (κ3) is 3.77. The minimum atomic E-state index is -0.254. The Morgan fingerprint density at radius 3 is 2.62 bits per heavy atom. The minimum Gasteiger partial charge on any atom is -0.266 e. The van der Waals surface area contributed by atoms with Crippen LogP contribution in [0.3, 0.4) is 0 Å². The highest BCUT2D eigenvalue weighted by molar-refractivity contribution is 9.10. The molecule has 0 aliphatic rings. The predicted molar refractivity (Wildman–Crippen MR) is 101 cm³/mol. The van der Waals surface area contributed by atoms with E-state index >= 15 is 0 Å². The maximum absolute atomic E-state index is 12.3. The number of hydrogen-bond donors (Lipinski definition) is 1. The average Bonchev–Trinajstić information content (AvgIpc) is 2.99. The number of rotatable bonds is 4. The molecule has 0 atom stereocenters. The van der Waals surface area contributed by atoms with Gasteiger partial charge in [-0.25, -0.2) is 10.4 Å². The fraction of sp³-hybridized carbons (Fsp3) is 0.0556. The second-order valence-corrected chi connectivity index (χ2v) is 6.87. The lowest BCUT2D eigenvalue weighted by Gasteiger charge is -1.98. The number of hydrazone groups is 1. The van der Waals surface area contributed by atoms with Crippen LogP contribution in [0.2, 0.25) is 0 Å². The molecule has 0 radical (unpaired) electrons. The van der Waals surface area contributed by atoms with Crippen molar-refractivity contribution in [3.8, 4) is 10.6 Å². The third-order valence-corrected chi connectivity index (χ3v) is 5.23. The predicted octanol–water partition coefficient (Wildman–Crippen LogP) is 4.64. The molecule has 0 bridgehead atoms. The van der Waals surface area contributed by atoms with Crippen LogP contribution >= 0.6 is 27.3 Å². The Kier molecular flexibility index (Phi) is 5.17. The van der Waals surface area contributed by atoms with Crippen molar-refractivity contribution < 1.29 is 4.79 Å². The number of carbonyl (C=O) groups excluding carboxylic acids is 1. The Morgan fingerprint density at radius 2 is 1.88 bits per heavy atom. The molecule has 0 aliphatic heterocycles. The van der Waals surface area contributed by atoms with Gasteiger partial charge >= 0.3 is 0 Å². The van der Waals surface area contributed by atoms with Crippen LogP contribution in [-0.2, 0) is 0 Å². The van der Waals surface area contributed by atoms with Crippen LogP contribution in [0.1, 0.15) is 20.9 Å². The van der Waals surface area contributed by atoms with E-state index in [-0.39, 0.29) is 5.91 Å². The van der Waals surface area contributed by atoms with Gasteiger partial charge in [0.05, 0.1) is 11.9 Å². The lowest BCUT2D eigenvalue weighted by atomic mass is 10.2. The Balaban J connectivity index is 1.74. The molecule has 0 saturated heterocycles. The summed E-state index contributed by atoms with van der Waals surface area (Å²) in [6.45, 7) is 1.83. The zero-order chi connectivity index (χ0) is 16.9. The maximum Gasteiger partial charge on any atom is 0.283 e. The Labute approximate surface area is 152 Å². The Morgan fingerprint density at radius 1 is 1.17 bits per heavy atom. The van der Waals surface area contributed by atoms with E-state index in [1.165, 1.54) is 11.3 Å². The van der Waals surface area contributed by atoms with Gasteiger partial charge in [0.15, 0.2) is 0 Å². The van der Waals surface area contributed by atoms with Crippen LogP contribution in [-0.4, -0.2) is 17.1 Å². The van der Waals surface area contributed by atoms with Gasteiger partial charge in [-0.05, 0) is 13.0 Å². The SMILES string of the molecule is Cc1nc(-c2ccccc2)sc1C(=O)N/N=C/c1ccccc1Br. The smallest absolute Gasteiger partial charge is 0.266 e. The molecule has 0 unspecified atom stereocenters. The lowest BCUT2D eigenvalue weighted by molar-refractivity contribution is 0.0958. The molecule has 2 aromatic carbocycles. The molecule has 0 saturated carbocycles. The molecule has 1 heterocycles. The van der Waals surface area contributed by atoms with Crippen LogP contribution in [0.5, 0.6) is 0 Å². The van der Waals surface area contributed by atoms with Crippen molar-refractivity contribution in [2.45, 2.75) is 6.92 Å². The summed E-state index contributed by atoms with van der Waals surface area (Å²) >= 11 is 4.80. The maximum atomic E-state index is 12.3. The topological polar surface area (TPSA) is 54.4 Å². The second kappa shape index (κ2) is 7.51. The van der Waals surface area contributed by atoms with E-state index in [0.717, 1.165) is 20.6 Å². The second-order valence-electron chi connectivity index (χ2n) is 5.02. The summed E-state index contributed by atoms with van der Waals surface area (Å²) in [5, 5.41) is 4.85. The molecule has 0 fully saturated rings. The van der Waals surface area contributed by atoms with Gasteiger partial charge in [-0.2, -0.15) is 5.10 Å². The summed E-state index contributed by atoms with van der Waals surface area (Å²) in [6.07, 6.45) is 1.61. The first kappa shape index (κ1) is 16.5. The highest BCUT2D eigenvalue weighted by Crippen LogP contribution is 2.27. The number of nitrogens with one attached hydrogen (secondary N) is 1. The molecule has 1 N–H and O–H groups in total. The number of nitrogens with zero attached hydrogens (tertiary/aromatic N) is 2. The molecular weight excluding hydrogens is 386 g/mol. The van der Waals surface area contributed by atoms with Gasteiger partial charge in [0, 0.05) is 15.6 Å². The molecule has 0 aliphatic carbocycles. The summed E-state index contributed by atoms with van der Waals surface area (Å²) in [7, 11) is 0. The van der Waals surface area contributed by atoms with Crippen molar-refractivity contribution in [2.24, 2.45) is 5.10 Å². The van der Waals surface area contributed by atoms with Crippen molar-refractivity contribution in [3.63, 3.8) is 0 Å². The van der Waals surface area contributed by atoms with Crippen LogP contribution in [0.25, 0.3) is 10.6 Å². The number of hydrogen-bond acceptors (Lipinski definition) is 4. The first-order valence-corrected chi connectivity index (χ1v) is 8.87. The van der Waals surface area contributed by atoms with Crippen LogP contribution in [0.4, 0.5) is 0 Å². The molecule has 1 aromatic heterocycles. The van der Waals surface area contributed by atoms with Gasteiger partial charge in [-0.3, -0.25) is 4.79 Å². The highest BCUT2D eigenvalue weighted by Gasteiger charge is 2.15. The molecular formula is C18H14BrN3OS. The van der Waals surface area contributed by atoms with Gasteiger partial charge in [-0.15, -0.1) is 11.3 Å². The summed E-state index contributed by atoms with van der Waals surface area (Å²) in [6, 6.07) is 17.5. The molecule has 0 spiro atoms. The first-order valence-electron chi connectivity index (χ1n) is 7.26. The van der Waals surface area contributed by atoms with Crippen molar-refractivity contribution in [3.05, 3.63) is 75.2 Å². The van der Waals surface area contributed by atoms with E-state index in [4.69, 9.17) is 0 Å². The number of halogens is 1. The van der Waals surface area contributed by atoms with Gasteiger partial charge in [0.2, 0.25) is 0 Å². The molecule has 4 nitrogen and oxygen atoms in total. The number of benzene rings is 2. The molecule has 3 aromatic rings. The zero-order valence-electron chi connectivity index (χ0n) is 12.9. The zero-order valence-corrected chi connectivity index (χ0v) is 15.3. The van der Waals surface area contributed by atoms with E-state index in [9.17, 15) is 4.79 Å². The van der Waals surface area contributed by atoms with Crippen molar-refractivity contribution in [1.29, 1.82) is 0 Å². The normalized spacial score (nSPS) is 10.9. The van der Waals surface area contributed by atoms with Gasteiger partial charge in [0.1, 0.15) is 9.88 Å². The quantitative estimate of drug-likeness (QED) is 0.512.